The number of carbonyl (C=O) groups is 3. The molecule has 2 aromatic rings. The molecule has 0 fully saturated rings. The van der Waals surface area contributed by atoms with Gasteiger partial charge >= 0.3 is 12.2 Å². The Balaban J connectivity index is 1.77. The number of hydrogen-bond acceptors (Lipinski definition) is 5. The summed E-state index contributed by atoms with van der Waals surface area (Å²) >= 11 is 6.29. The van der Waals surface area contributed by atoms with Crippen molar-refractivity contribution in [3.63, 3.8) is 0 Å². The van der Waals surface area contributed by atoms with Crippen molar-refractivity contribution >= 4 is 35.1 Å². The van der Waals surface area contributed by atoms with Crippen molar-refractivity contribution in [2.45, 2.75) is 45.5 Å². The van der Waals surface area contributed by atoms with Gasteiger partial charge in [0.05, 0.1) is 23.7 Å². The third-order valence-electron chi connectivity index (χ3n) is 6.58. The number of nitrogens with zero attached hydrogens (tertiary/aromatic N) is 3. The number of fused-ring (bicyclic) bond motifs is 1. The zero-order valence-corrected chi connectivity index (χ0v) is 23.7. The third-order valence-corrected chi connectivity index (χ3v) is 6.89. The molecule has 13 heteroatoms. The second-order valence-corrected chi connectivity index (χ2v) is 10.1. The molecule has 1 heterocycles. The van der Waals surface area contributed by atoms with Crippen LogP contribution < -0.4 is 15.0 Å². The zero-order chi connectivity index (χ0) is 30.2. The first-order chi connectivity index (χ1) is 19.4. The van der Waals surface area contributed by atoms with Crippen LogP contribution in [0.1, 0.15) is 42.6 Å². The van der Waals surface area contributed by atoms with Gasteiger partial charge in [-0.2, -0.15) is 13.2 Å². The van der Waals surface area contributed by atoms with Crippen LogP contribution in [0.4, 0.5) is 23.7 Å². The molecule has 1 atom stereocenters. The smallest absolute Gasteiger partial charge is 0.422 e. The van der Waals surface area contributed by atoms with E-state index < -0.39 is 30.8 Å². The van der Waals surface area contributed by atoms with E-state index in [4.69, 9.17) is 16.3 Å². The Labute approximate surface area is 241 Å². The standard InChI is InChI=1S/C28H34ClF3N4O5/c1-3-4-11-34(12-13-37)25(38)15-33-27(40)35-17-20-7-5-6-8-24(20)36(16-19(35)2)26(39)22-10-9-21(14-23(22)29)41-18-28(30,31)32/h5-10,14,19,37H,3-4,11-13,15-18H2,1-2H3,(H,33,40)/t19-/m1/s1. The van der Waals surface area contributed by atoms with Crippen molar-refractivity contribution in [2.24, 2.45) is 0 Å². The van der Waals surface area contributed by atoms with Gasteiger partial charge in [-0.1, -0.05) is 43.1 Å². The summed E-state index contributed by atoms with van der Waals surface area (Å²) in [5.41, 5.74) is 1.29. The summed E-state index contributed by atoms with van der Waals surface area (Å²) in [6.45, 7) is 2.76. The van der Waals surface area contributed by atoms with Crippen LogP contribution >= 0.6 is 11.6 Å². The predicted molar refractivity (Wildman–Crippen MR) is 148 cm³/mol. The quantitative estimate of drug-likeness (QED) is 0.420. The highest BCUT2D eigenvalue weighted by Crippen LogP contribution is 2.31. The summed E-state index contributed by atoms with van der Waals surface area (Å²) in [7, 11) is 0. The van der Waals surface area contributed by atoms with Gasteiger partial charge in [-0.15, -0.1) is 0 Å². The van der Waals surface area contributed by atoms with Gasteiger partial charge in [-0.25, -0.2) is 4.79 Å². The second kappa shape index (κ2) is 14.4. The first-order valence-electron chi connectivity index (χ1n) is 13.3. The van der Waals surface area contributed by atoms with Crippen molar-refractivity contribution in [1.29, 1.82) is 0 Å². The molecule has 2 aromatic carbocycles. The van der Waals surface area contributed by atoms with Crippen LogP contribution in [0.2, 0.25) is 5.02 Å². The van der Waals surface area contributed by atoms with E-state index in [-0.39, 0.29) is 55.0 Å². The van der Waals surface area contributed by atoms with E-state index in [0.29, 0.717) is 17.8 Å². The minimum absolute atomic E-state index is 0.0626. The fourth-order valence-corrected chi connectivity index (χ4v) is 4.69. The summed E-state index contributed by atoms with van der Waals surface area (Å²) in [6.07, 6.45) is -2.87. The SMILES string of the molecule is CCCCN(CCO)C(=O)CNC(=O)N1Cc2ccccc2N(C(=O)c2ccc(OCC(F)(F)F)cc2Cl)C[C@H]1C. The number of aliphatic hydroxyl groups is 1. The van der Waals surface area contributed by atoms with E-state index in [2.05, 4.69) is 5.32 Å². The molecule has 224 valence electrons. The molecule has 0 aliphatic carbocycles. The number of amides is 4. The lowest BCUT2D eigenvalue weighted by Gasteiger charge is -2.30. The van der Waals surface area contributed by atoms with E-state index in [1.54, 1.807) is 31.2 Å². The maximum absolute atomic E-state index is 13.7. The maximum atomic E-state index is 13.7. The molecule has 0 radical (unpaired) electrons. The fraction of sp³-hybridized carbons (Fsp3) is 0.464. The van der Waals surface area contributed by atoms with Crippen molar-refractivity contribution in [3.05, 3.63) is 58.6 Å². The largest absolute Gasteiger partial charge is 0.484 e. The third kappa shape index (κ3) is 8.74. The van der Waals surface area contributed by atoms with Crippen LogP contribution in [-0.2, 0) is 11.3 Å². The number of para-hydroxylation sites is 1. The zero-order valence-electron chi connectivity index (χ0n) is 22.9. The van der Waals surface area contributed by atoms with Crippen LogP contribution in [0.5, 0.6) is 5.75 Å². The number of hydrogen-bond donors (Lipinski definition) is 2. The molecule has 0 saturated carbocycles. The molecule has 4 amide bonds. The molecule has 2 N–H and O–H groups in total. The van der Waals surface area contributed by atoms with E-state index >= 15 is 0 Å². The number of anilines is 1. The summed E-state index contributed by atoms with van der Waals surface area (Å²) in [5, 5.41) is 11.9. The molecule has 0 unspecified atom stereocenters. The molecule has 0 saturated heterocycles. The van der Waals surface area contributed by atoms with Crippen LogP contribution in [0.15, 0.2) is 42.5 Å². The Bertz CT molecular complexity index is 1230. The Hall–Kier alpha value is -3.51. The lowest BCUT2D eigenvalue weighted by Crippen LogP contribution is -2.50. The van der Waals surface area contributed by atoms with Crippen LogP contribution in [0, 0.1) is 0 Å². The normalized spacial score (nSPS) is 15.1. The average molecular weight is 599 g/mol. The van der Waals surface area contributed by atoms with E-state index in [0.717, 1.165) is 18.9 Å². The molecule has 41 heavy (non-hydrogen) atoms. The summed E-state index contributed by atoms with van der Waals surface area (Å²) in [5.74, 6) is -0.930. The van der Waals surface area contributed by atoms with Gasteiger partial charge in [-0.05, 0) is 43.2 Å². The Morgan fingerprint density at radius 3 is 2.56 bits per heavy atom. The number of carbonyl (C=O) groups excluding carboxylic acids is 3. The van der Waals surface area contributed by atoms with Crippen LogP contribution in [0.25, 0.3) is 0 Å². The van der Waals surface area contributed by atoms with E-state index in [9.17, 15) is 32.7 Å². The molecular formula is C28H34ClF3N4O5. The topological polar surface area (TPSA) is 102 Å². The van der Waals surface area contributed by atoms with Gasteiger partial charge in [0.15, 0.2) is 6.61 Å². The molecule has 0 spiro atoms. The Morgan fingerprint density at radius 1 is 1.17 bits per heavy atom. The highest BCUT2D eigenvalue weighted by Gasteiger charge is 2.33. The first kappa shape index (κ1) is 32.0. The van der Waals surface area contributed by atoms with Crippen molar-refractivity contribution in [2.75, 3.05) is 44.3 Å². The lowest BCUT2D eigenvalue weighted by molar-refractivity contribution is -0.153. The Morgan fingerprint density at radius 2 is 1.90 bits per heavy atom. The number of ether oxygens (including phenoxy) is 1. The van der Waals surface area contributed by atoms with Gasteiger partial charge in [0.25, 0.3) is 5.91 Å². The molecule has 0 aromatic heterocycles. The number of benzene rings is 2. The molecular weight excluding hydrogens is 565 g/mol. The number of alkyl halides is 3. The van der Waals surface area contributed by atoms with E-state index in [1.165, 1.54) is 26.8 Å². The minimum atomic E-state index is -4.52. The highest BCUT2D eigenvalue weighted by molar-refractivity contribution is 6.34. The van der Waals surface area contributed by atoms with Gasteiger partial charge < -0.3 is 29.9 Å². The predicted octanol–water partition coefficient (Wildman–Crippen LogP) is 4.46. The van der Waals surface area contributed by atoms with Crippen molar-refractivity contribution in [3.8, 4) is 5.75 Å². The van der Waals surface area contributed by atoms with Crippen LogP contribution in [0.3, 0.4) is 0 Å². The van der Waals surface area contributed by atoms with Crippen molar-refractivity contribution in [1.82, 2.24) is 15.1 Å². The number of unbranched alkanes of at least 4 members (excludes halogenated alkanes) is 1. The maximum Gasteiger partial charge on any atom is 0.422 e. The lowest BCUT2D eigenvalue weighted by atomic mass is 10.1. The van der Waals surface area contributed by atoms with Gasteiger partial charge in [-0.3, -0.25) is 9.59 Å². The van der Waals surface area contributed by atoms with Gasteiger partial charge in [0.1, 0.15) is 5.75 Å². The van der Waals surface area contributed by atoms with Crippen LogP contribution in [-0.4, -0.2) is 84.4 Å². The molecule has 1 aliphatic heterocycles. The van der Waals surface area contributed by atoms with Gasteiger partial charge in [0.2, 0.25) is 5.91 Å². The summed E-state index contributed by atoms with van der Waals surface area (Å²) < 4.78 is 42.3. The monoisotopic (exact) mass is 598 g/mol. The molecule has 3 rings (SSSR count). The van der Waals surface area contributed by atoms with E-state index in [1.807, 2.05) is 6.92 Å². The molecule has 9 nitrogen and oxygen atoms in total. The summed E-state index contributed by atoms with van der Waals surface area (Å²) in [6, 6.07) is 9.78. The first-order valence-corrected chi connectivity index (χ1v) is 13.6. The Kier molecular flexibility index (Phi) is 11.2. The summed E-state index contributed by atoms with van der Waals surface area (Å²) in [4.78, 5) is 44.1. The average Bonchev–Trinajstić information content (AvgIpc) is 3.08. The molecule has 0 bridgehead atoms. The fourth-order valence-electron chi connectivity index (χ4n) is 4.44. The highest BCUT2D eigenvalue weighted by atomic mass is 35.5. The number of urea groups is 1. The minimum Gasteiger partial charge on any atom is -0.484 e. The second-order valence-electron chi connectivity index (χ2n) is 9.68. The number of rotatable bonds is 10. The van der Waals surface area contributed by atoms with Crippen molar-refractivity contribution < 1.29 is 37.4 Å². The van der Waals surface area contributed by atoms with Gasteiger partial charge in [0, 0.05) is 37.9 Å². The number of halogens is 4. The number of aliphatic hydroxyl groups excluding tert-OH is 1. The number of nitrogens with one attached hydrogen (secondary N) is 1. The molecule has 1 aliphatic rings.